The summed E-state index contributed by atoms with van der Waals surface area (Å²) >= 11 is 6.00. The average molecular weight is 463 g/mol. The zero-order valence-electron chi connectivity index (χ0n) is 18.8. The number of benzene rings is 2. The Labute approximate surface area is 194 Å². The van der Waals surface area contributed by atoms with Crippen LogP contribution in [0.5, 0.6) is 0 Å². The first-order chi connectivity index (χ1) is 15.1. The van der Waals surface area contributed by atoms with E-state index in [4.69, 9.17) is 21.1 Å². The van der Waals surface area contributed by atoms with E-state index >= 15 is 0 Å². The number of aliphatic hydroxyl groups excluding tert-OH is 1. The molecule has 7 nitrogen and oxygen atoms in total. The van der Waals surface area contributed by atoms with Crippen LogP contribution in [0.1, 0.15) is 44.9 Å². The van der Waals surface area contributed by atoms with E-state index in [2.05, 4.69) is 10.6 Å². The van der Waals surface area contributed by atoms with Gasteiger partial charge in [-0.15, -0.1) is 0 Å². The largest absolute Gasteiger partial charge is 0.445 e. The highest BCUT2D eigenvalue weighted by Crippen LogP contribution is 2.27. The zero-order chi connectivity index (χ0) is 23.7. The van der Waals surface area contributed by atoms with E-state index in [0.717, 1.165) is 5.56 Å². The minimum Gasteiger partial charge on any atom is -0.445 e. The highest BCUT2D eigenvalue weighted by Gasteiger charge is 2.32. The molecule has 0 heterocycles. The molecule has 0 fully saturated rings. The van der Waals surface area contributed by atoms with E-state index < -0.39 is 35.8 Å². The predicted octanol–water partition coefficient (Wildman–Crippen LogP) is 4.83. The summed E-state index contributed by atoms with van der Waals surface area (Å²) in [6, 6.07) is 15.1. The molecular formula is C24H31ClN2O5. The van der Waals surface area contributed by atoms with E-state index in [-0.39, 0.29) is 13.2 Å². The molecule has 2 aromatic carbocycles. The number of rotatable bonds is 8. The molecule has 8 heteroatoms. The minimum absolute atomic E-state index is 0.125. The van der Waals surface area contributed by atoms with Crippen molar-refractivity contribution in [3.63, 3.8) is 0 Å². The van der Waals surface area contributed by atoms with Gasteiger partial charge in [0.15, 0.2) is 0 Å². The standard InChI is InChI=1S/C24H31ClN2O5/c1-16(26-22(29)31-15-17-8-6-5-7-9-17)20(14-28)21(18-10-12-19(25)13-11-18)27-23(30)32-24(2,3)4/h5-13,16,20-21,28H,14-15H2,1-4H3,(H,26,29)(H,27,30)/t16-,20+,21+/m0/s1. The SMILES string of the molecule is C[C@H](NC(=O)OCc1ccccc1)[C@@H](CO)[C@H](NC(=O)OC(C)(C)C)c1ccc(Cl)cc1. The number of hydrogen-bond acceptors (Lipinski definition) is 5. The monoisotopic (exact) mass is 462 g/mol. The van der Waals surface area contributed by atoms with Crippen molar-refractivity contribution in [3.05, 3.63) is 70.7 Å². The van der Waals surface area contributed by atoms with E-state index in [1.54, 1.807) is 52.0 Å². The zero-order valence-corrected chi connectivity index (χ0v) is 19.6. The Bertz CT molecular complexity index is 868. The lowest BCUT2D eigenvalue weighted by molar-refractivity contribution is 0.0456. The molecule has 0 aliphatic rings. The maximum atomic E-state index is 12.5. The smallest absolute Gasteiger partial charge is 0.408 e. The van der Waals surface area contributed by atoms with Crippen molar-refractivity contribution in [2.75, 3.05) is 6.61 Å². The lowest BCUT2D eigenvalue weighted by Crippen LogP contribution is -2.47. The van der Waals surface area contributed by atoms with Crippen LogP contribution in [0, 0.1) is 5.92 Å². The van der Waals surface area contributed by atoms with Gasteiger partial charge in [-0.1, -0.05) is 54.1 Å². The number of ether oxygens (including phenoxy) is 2. The summed E-state index contributed by atoms with van der Waals surface area (Å²) in [6.45, 7) is 6.86. The summed E-state index contributed by atoms with van der Waals surface area (Å²) in [7, 11) is 0. The van der Waals surface area contributed by atoms with Gasteiger partial charge < -0.3 is 25.2 Å². The highest BCUT2D eigenvalue weighted by atomic mass is 35.5. The molecule has 0 radical (unpaired) electrons. The van der Waals surface area contributed by atoms with Gasteiger partial charge in [0, 0.05) is 17.0 Å². The van der Waals surface area contributed by atoms with Crippen LogP contribution < -0.4 is 10.6 Å². The van der Waals surface area contributed by atoms with E-state index in [1.807, 2.05) is 30.3 Å². The van der Waals surface area contributed by atoms with Crippen LogP contribution in [0.15, 0.2) is 54.6 Å². The van der Waals surface area contributed by atoms with Crippen LogP contribution in [0.2, 0.25) is 5.02 Å². The molecule has 0 spiro atoms. The van der Waals surface area contributed by atoms with Crippen LogP contribution in [-0.4, -0.2) is 35.5 Å². The van der Waals surface area contributed by atoms with Gasteiger partial charge in [0.1, 0.15) is 12.2 Å². The third-order valence-corrected chi connectivity index (χ3v) is 4.99. The molecule has 0 saturated heterocycles. The second-order valence-electron chi connectivity index (χ2n) is 8.52. The van der Waals surface area contributed by atoms with Gasteiger partial charge in [-0.3, -0.25) is 0 Å². The fraction of sp³-hybridized carbons (Fsp3) is 0.417. The van der Waals surface area contributed by atoms with E-state index in [0.29, 0.717) is 10.6 Å². The van der Waals surface area contributed by atoms with Crippen molar-refractivity contribution in [2.24, 2.45) is 5.92 Å². The normalized spacial score (nSPS) is 14.1. The van der Waals surface area contributed by atoms with Crippen molar-refractivity contribution in [1.29, 1.82) is 0 Å². The fourth-order valence-electron chi connectivity index (χ4n) is 3.15. The van der Waals surface area contributed by atoms with Crippen LogP contribution in [-0.2, 0) is 16.1 Å². The van der Waals surface area contributed by atoms with Crippen molar-refractivity contribution in [2.45, 2.75) is 52.0 Å². The first kappa shape index (κ1) is 25.5. The second-order valence-corrected chi connectivity index (χ2v) is 8.95. The summed E-state index contributed by atoms with van der Waals surface area (Å²) in [4.78, 5) is 24.8. The summed E-state index contributed by atoms with van der Waals surface area (Å²) in [5.74, 6) is -0.562. The van der Waals surface area contributed by atoms with Crippen molar-refractivity contribution >= 4 is 23.8 Å². The summed E-state index contributed by atoms with van der Waals surface area (Å²) in [5.41, 5.74) is 0.888. The van der Waals surface area contributed by atoms with Gasteiger partial charge in [-0.2, -0.15) is 0 Å². The molecule has 2 rings (SSSR count). The van der Waals surface area contributed by atoms with Crippen molar-refractivity contribution in [1.82, 2.24) is 10.6 Å². The summed E-state index contributed by atoms with van der Waals surface area (Å²) in [6.07, 6.45) is -1.25. The number of nitrogens with one attached hydrogen (secondary N) is 2. The Balaban J connectivity index is 2.12. The van der Waals surface area contributed by atoms with E-state index in [9.17, 15) is 14.7 Å². The molecule has 32 heavy (non-hydrogen) atoms. The van der Waals surface area contributed by atoms with Crippen molar-refractivity contribution < 1.29 is 24.2 Å². The number of aliphatic hydroxyl groups is 1. The molecule has 0 aromatic heterocycles. The molecule has 3 N–H and O–H groups in total. The maximum Gasteiger partial charge on any atom is 0.408 e. The lowest BCUT2D eigenvalue weighted by Gasteiger charge is -2.32. The number of hydrogen-bond donors (Lipinski definition) is 3. The number of amides is 2. The molecule has 2 aromatic rings. The molecule has 0 unspecified atom stereocenters. The van der Waals surface area contributed by atoms with Gasteiger partial charge >= 0.3 is 12.2 Å². The summed E-state index contributed by atoms with van der Waals surface area (Å²) in [5, 5.41) is 16.2. The quantitative estimate of drug-likeness (QED) is 0.522. The number of halogens is 1. The predicted molar refractivity (Wildman–Crippen MR) is 123 cm³/mol. The van der Waals surface area contributed by atoms with Gasteiger partial charge in [0.05, 0.1) is 12.6 Å². The van der Waals surface area contributed by atoms with Gasteiger partial charge in [-0.05, 0) is 51.0 Å². The molecule has 3 atom stereocenters. The highest BCUT2D eigenvalue weighted by molar-refractivity contribution is 6.30. The lowest BCUT2D eigenvalue weighted by atomic mass is 9.88. The number of carbonyl (C=O) groups is 2. The first-order valence-electron chi connectivity index (χ1n) is 10.4. The molecular weight excluding hydrogens is 432 g/mol. The van der Waals surface area contributed by atoms with Crippen molar-refractivity contribution in [3.8, 4) is 0 Å². The minimum atomic E-state index is -0.686. The Morgan fingerprint density at radius 2 is 1.62 bits per heavy atom. The Morgan fingerprint density at radius 3 is 2.19 bits per heavy atom. The molecule has 0 aliphatic heterocycles. The van der Waals surface area contributed by atoms with E-state index in [1.165, 1.54) is 0 Å². The first-order valence-corrected chi connectivity index (χ1v) is 10.8. The molecule has 174 valence electrons. The number of alkyl carbamates (subject to hydrolysis) is 2. The second kappa shape index (κ2) is 11.7. The molecule has 0 bridgehead atoms. The molecule has 2 amide bonds. The van der Waals surface area contributed by atoms with Gasteiger partial charge in [-0.25, -0.2) is 9.59 Å². The summed E-state index contributed by atoms with van der Waals surface area (Å²) < 4.78 is 10.7. The fourth-order valence-corrected chi connectivity index (χ4v) is 3.28. The van der Waals surface area contributed by atoms with Crippen LogP contribution in [0.4, 0.5) is 9.59 Å². The number of carbonyl (C=O) groups excluding carboxylic acids is 2. The Hall–Kier alpha value is -2.77. The van der Waals surface area contributed by atoms with Crippen LogP contribution >= 0.6 is 11.6 Å². The third kappa shape index (κ3) is 8.40. The Morgan fingerprint density at radius 1 is 1.00 bits per heavy atom. The van der Waals surface area contributed by atoms with Crippen LogP contribution in [0.25, 0.3) is 0 Å². The third-order valence-electron chi connectivity index (χ3n) is 4.74. The van der Waals surface area contributed by atoms with Gasteiger partial charge in [0.25, 0.3) is 0 Å². The topological polar surface area (TPSA) is 96.9 Å². The van der Waals surface area contributed by atoms with Gasteiger partial charge in [0.2, 0.25) is 0 Å². The molecule has 0 saturated carbocycles. The van der Waals surface area contributed by atoms with Crippen LogP contribution in [0.3, 0.4) is 0 Å². The Kier molecular flexibility index (Phi) is 9.35. The molecule has 0 aliphatic carbocycles. The maximum absolute atomic E-state index is 12.5. The average Bonchev–Trinajstić information content (AvgIpc) is 2.72.